The minimum atomic E-state index is -5.75. The SMILES string of the molecule is CCCCCCCC/C=C\CCCCCCCC(=O)SCCNC(=O)CCNC(=O)[C@H](O)C(C)(C)COP(=O)([O-])OP(=O)(O)OC[C@H]1O[C@@H](n2cnc3c(N)ncnc32)[C@H](O)[C@@H]1OP(=O)(O)O.[Li+]. The Kier molecular flexibility index (Phi) is 28.0. The molecule has 1 fully saturated rings. The van der Waals surface area contributed by atoms with Crippen LogP contribution in [0.25, 0.3) is 11.2 Å². The van der Waals surface area contributed by atoms with Gasteiger partial charge in [0.25, 0.3) is 7.82 Å². The molecule has 0 spiro atoms. The number of nitrogens with one attached hydrogen (secondary N) is 2. The summed E-state index contributed by atoms with van der Waals surface area (Å²) in [5.41, 5.74) is 4.23. The predicted octanol–water partition coefficient (Wildman–Crippen LogP) is 1.07. The van der Waals surface area contributed by atoms with Gasteiger partial charge in [0.15, 0.2) is 22.8 Å². The minimum Gasteiger partial charge on any atom is -0.756 e. The number of nitrogens with two attached hydrogens (primary N) is 1. The van der Waals surface area contributed by atoms with Crippen LogP contribution < -0.4 is 40.1 Å². The van der Waals surface area contributed by atoms with Gasteiger partial charge in [-0.15, -0.1) is 0 Å². The number of amides is 2. The van der Waals surface area contributed by atoms with Crippen molar-refractivity contribution in [3.63, 3.8) is 0 Å². The number of rotatable bonds is 34. The number of nitrogens with zero attached hydrogens (tertiary/aromatic N) is 4. The fourth-order valence-electron chi connectivity index (χ4n) is 6.70. The Bertz CT molecular complexity index is 2050. The Balaban J connectivity index is 0.0000159. The molecule has 382 valence electrons. The van der Waals surface area contributed by atoms with E-state index in [0.29, 0.717) is 12.2 Å². The van der Waals surface area contributed by atoms with E-state index >= 15 is 0 Å². The van der Waals surface area contributed by atoms with Crippen molar-refractivity contribution in [2.24, 2.45) is 5.41 Å². The quantitative estimate of drug-likeness (QED) is 0.0210. The molecule has 1 saturated heterocycles. The van der Waals surface area contributed by atoms with Gasteiger partial charge < -0.3 is 55.4 Å². The van der Waals surface area contributed by atoms with Crippen LogP contribution in [0.4, 0.5) is 5.82 Å². The van der Waals surface area contributed by atoms with Crippen molar-refractivity contribution in [3.05, 3.63) is 24.8 Å². The van der Waals surface area contributed by atoms with Crippen LogP contribution >= 0.6 is 35.2 Å². The van der Waals surface area contributed by atoms with E-state index in [1.54, 1.807) is 0 Å². The van der Waals surface area contributed by atoms with Crippen LogP contribution in [0.5, 0.6) is 0 Å². The third kappa shape index (κ3) is 23.0. The number of carbonyl (C=O) groups excluding carboxylic acids is 3. The van der Waals surface area contributed by atoms with Gasteiger partial charge in [-0.3, -0.25) is 32.6 Å². The van der Waals surface area contributed by atoms with Gasteiger partial charge in [0.2, 0.25) is 11.8 Å². The summed E-state index contributed by atoms with van der Waals surface area (Å²) in [7, 11) is -16.7. The summed E-state index contributed by atoms with van der Waals surface area (Å²) in [6.45, 7) is 2.63. The molecule has 1 aliphatic heterocycles. The summed E-state index contributed by atoms with van der Waals surface area (Å²) in [6.07, 6.45) is 13.3. The van der Waals surface area contributed by atoms with Crippen molar-refractivity contribution < 1.29 is 99.3 Å². The summed E-state index contributed by atoms with van der Waals surface area (Å²) in [6, 6.07) is 0. The number of imidazole rings is 1. The largest absolute Gasteiger partial charge is 1.00 e. The van der Waals surface area contributed by atoms with Gasteiger partial charge in [-0.2, -0.15) is 0 Å². The third-order valence-corrected chi connectivity index (χ3v) is 14.4. The van der Waals surface area contributed by atoms with Crippen LogP contribution in [0.2, 0.25) is 0 Å². The van der Waals surface area contributed by atoms with Crippen LogP contribution in [0, 0.1) is 5.41 Å². The van der Waals surface area contributed by atoms with Gasteiger partial charge in [-0.25, -0.2) is 28.4 Å². The van der Waals surface area contributed by atoms with Crippen molar-refractivity contribution in [2.45, 2.75) is 148 Å². The summed E-state index contributed by atoms with van der Waals surface area (Å²) in [4.78, 5) is 90.6. The fraction of sp³-hybridized carbons (Fsp3) is 0.744. The molecule has 3 rings (SSSR count). The second-order valence-corrected chi connectivity index (χ2v) is 21.9. The first kappa shape index (κ1) is 62.0. The molecule has 0 aliphatic carbocycles. The molecule has 2 amide bonds. The minimum absolute atomic E-state index is 0. The number of aliphatic hydroxyl groups excluding tert-OH is 2. The van der Waals surface area contributed by atoms with Gasteiger partial charge in [0, 0.05) is 37.1 Å². The van der Waals surface area contributed by atoms with E-state index in [4.69, 9.17) is 15.0 Å². The van der Waals surface area contributed by atoms with E-state index in [-0.39, 0.29) is 60.5 Å². The van der Waals surface area contributed by atoms with Crippen LogP contribution in [0.15, 0.2) is 24.8 Å². The number of hydrogen-bond acceptors (Lipinski definition) is 19. The Morgan fingerprint density at radius 1 is 0.941 bits per heavy atom. The topological polar surface area (TPSA) is 366 Å². The number of aromatic nitrogens is 4. The molecule has 2 unspecified atom stereocenters. The van der Waals surface area contributed by atoms with Crippen LogP contribution in [-0.4, -0.2) is 118 Å². The van der Waals surface area contributed by atoms with Gasteiger partial charge in [0.05, 0.1) is 19.5 Å². The summed E-state index contributed by atoms with van der Waals surface area (Å²) < 4.78 is 62.0. The van der Waals surface area contributed by atoms with Crippen molar-refractivity contribution in [2.75, 3.05) is 37.8 Å². The molecule has 29 heteroatoms. The van der Waals surface area contributed by atoms with Gasteiger partial charge in [0.1, 0.15) is 36.3 Å². The normalized spacial score (nSPS) is 19.9. The first-order valence-electron chi connectivity index (χ1n) is 22.2. The molecule has 0 bridgehead atoms. The molecule has 7 atom stereocenters. The second kappa shape index (κ2) is 30.7. The van der Waals surface area contributed by atoms with Crippen molar-refractivity contribution in [1.82, 2.24) is 30.2 Å². The Morgan fingerprint density at radius 3 is 2.22 bits per heavy atom. The Morgan fingerprint density at radius 2 is 1.57 bits per heavy atom. The third-order valence-electron chi connectivity index (χ3n) is 10.4. The number of ether oxygens (including phenoxy) is 1. The standard InChI is InChI=1S/C39H68N7O17P3S.Li/c1-4-5-6-7-8-9-10-11-12-13-14-15-16-17-18-19-30(48)67-23-22-41-29(47)20-21-42-37(51)34(50)39(2,3)25-60-66(57,58)63-65(55,56)59-24-28-33(62-64(52,53)54)32(49)38(61-28)46-27-45-31-35(40)43-26-44-36(31)46;/h11-12,26-28,32-34,38,49-50H,4-10,13-25H2,1-3H3,(H,41,47)(H,42,51)(H,55,56)(H,57,58)(H2,40,43,44)(H2,52,53,54);/q;+1/p-1/b12-11-;/t28-,32-,33-,34+,38-;/m1./s1. The molecule has 2 aromatic heterocycles. The molecule has 0 aromatic carbocycles. The summed E-state index contributed by atoms with van der Waals surface area (Å²) in [5, 5.41) is 26.6. The number of phosphoric acid groups is 3. The molecule has 24 nitrogen and oxygen atoms in total. The smallest absolute Gasteiger partial charge is 0.756 e. The molecule has 1 aliphatic rings. The number of fused-ring (bicyclic) bond motifs is 1. The fourth-order valence-corrected chi connectivity index (χ4v) is 10.2. The maximum atomic E-state index is 12.7. The number of thioether (sulfide) groups is 1. The second-order valence-electron chi connectivity index (χ2n) is 16.6. The number of nitrogen functional groups attached to an aromatic ring is 1. The van der Waals surface area contributed by atoms with E-state index in [1.165, 1.54) is 52.4 Å². The number of unbranched alkanes of at least 4 members (excludes halogenated alkanes) is 11. The molecule has 9 N–H and O–H groups in total. The monoisotopic (exact) mass is 1040 g/mol. The first-order chi connectivity index (χ1) is 31.6. The summed E-state index contributed by atoms with van der Waals surface area (Å²) in [5.74, 6) is -1.07. The van der Waals surface area contributed by atoms with Crippen LogP contribution in [-0.2, 0) is 50.7 Å². The van der Waals surface area contributed by atoms with Gasteiger partial charge in [-0.1, -0.05) is 96.1 Å². The molecular formula is C39H67LiN7O17P3S. The Hall–Kier alpha value is -2.10. The molecule has 68 heavy (non-hydrogen) atoms. The molecule has 0 saturated carbocycles. The summed E-state index contributed by atoms with van der Waals surface area (Å²) >= 11 is 1.14. The number of phosphoric ester groups is 3. The van der Waals surface area contributed by atoms with Gasteiger partial charge >= 0.3 is 34.5 Å². The number of allylic oxidation sites excluding steroid dienone is 2. The molecule has 2 aromatic rings. The zero-order chi connectivity index (χ0) is 49.7. The predicted molar refractivity (Wildman–Crippen MR) is 244 cm³/mol. The molecule has 3 heterocycles. The number of hydrogen-bond donors (Lipinski definition) is 8. The first-order valence-corrected chi connectivity index (χ1v) is 27.7. The van der Waals surface area contributed by atoms with Crippen molar-refractivity contribution in [3.8, 4) is 0 Å². The Labute approximate surface area is 412 Å². The van der Waals surface area contributed by atoms with E-state index in [9.17, 15) is 57.9 Å². The zero-order valence-electron chi connectivity index (χ0n) is 39.1. The van der Waals surface area contributed by atoms with Crippen LogP contribution in [0.3, 0.4) is 0 Å². The average molecular weight is 1040 g/mol. The van der Waals surface area contributed by atoms with Gasteiger partial charge in [-0.05, 0) is 32.1 Å². The number of aliphatic hydroxyl groups is 2. The van der Waals surface area contributed by atoms with Crippen molar-refractivity contribution >= 4 is 69.1 Å². The maximum absolute atomic E-state index is 12.7. The number of anilines is 1. The maximum Gasteiger partial charge on any atom is 1.00 e. The number of carbonyl (C=O) groups is 3. The van der Waals surface area contributed by atoms with Crippen LogP contribution in [0.1, 0.15) is 123 Å². The van der Waals surface area contributed by atoms with E-state index in [1.807, 2.05) is 0 Å². The van der Waals surface area contributed by atoms with E-state index in [0.717, 1.165) is 73.9 Å². The van der Waals surface area contributed by atoms with E-state index < -0.39 is 84.6 Å². The average Bonchev–Trinajstić information content (AvgIpc) is 3.81. The zero-order valence-corrected chi connectivity index (χ0v) is 42.6. The van der Waals surface area contributed by atoms with E-state index in [2.05, 4.69) is 58.0 Å². The molecule has 0 radical (unpaired) electrons. The molecular weight excluding hydrogens is 970 g/mol. The van der Waals surface area contributed by atoms with Crippen molar-refractivity contribution in [1.29, 1.82) is 0 Å².